The Morgan fingerprint density at radius 2 is 0.531 bits per heavy atom. The Labute approximate surface area is 498 Å². The van der Waals surface area contributed by atoms with Crippen LogP contribution in [0.5, 0.6) is 0 Å². The van der Waals surface area contributed by atoms with Crippen LogP contribution in [0.4, 0.5) is 0 Å². The molecule has 0 aliphatic rings. The van der Waals surface area contributed by atoms with Crippen molar-refractivity contribution >= 4 is 17.9 Å². The van der Waals surface area contributed by atoms with Gasteiger partial charge in [0.25, 0.3) is 0 Å². The molecule has 0 heterocycles. The van der Waals surface area contributed by atoms with Crippen molar-refractivity contribution in [2.75, 3.05) is 13.2 Å². The number of hydrogen-bond donors (Lipinski definition) is 0. The van der Waals surface area contributed by atoms with E-state index in [0.717, 1.165) is 128 Å². The molecular weight excluding hydrogens is 997 g/mol. The molecule has 0 aromatic carbocycles. The zero-order valence-electron chi connectivity index (χ0n) is 52.0. The van der Waals surface area contributed by atoms with Gasteiger partial charge in [-0.2, -0.15) is 0 Å². The zero-order valence-corrected chi connectivity index (χ0v) is 52.0. The van der Waals surface area contributed by atoms with Crippen LogP contribution >= 0.6 is 0 Å². The van der Waals surface area contributed by atoms with E-state index in [1.54, 1.807) is 6.08 Å². The van der Waals surface area contributed by atoms with Crippen molar-refractivity contribution in [2.24, 2.45) is 0 Å². The summed E-state index contributed by atoms with van der Waals surface area (Å²) in [5, 5.41) is 0. The van der Waals surface area contributed by atoms with Crippen LogP contribution in [0.3, 0.4) is 0 Å². The largest absolute Gasteiger partial charge is 0.462 e. The highest BCUT2D eigenvalue weighted by molar-refractivity contribution is 5.72. The summed E-state index contributed by atoms with van der Waals surface area (Å²) in [5.74, 6) is -1.10. The summed E-state index contributed by atoms with van der Waals surface area (Å²) in [5.41, 5.74) is 0. The summed E-state index contributed by atoms with van der Waals surface area (Å²) >= 11 is 0. The highest BCUT2D eigenvalue weighted by Gasteiger charge is 2.19. The lowest BCUT2D eigenvalue weighted by Crippen LogP contribution is -2.30. The normalized spacial score (nSPS) is 13.3. The Morgan fingerprint density at radius 1 is 0.272 bits per heavy atom. The topological polar surface area (TPSA) is 78.9 Å². The number of unbranched alkanes of at least 4 members (excludes halogenated alkanes) is 19. The van der Waals surface area contributed by atoms with Gasteiger partial charge in [-0.3, -0.25) is 14.4 Å². The molecule has 81 heavy (non-hydrogen) atoms. The average Bonchev–Trinajstić information content (AvgIpc) is 3.47. The molecule has 6 nitrogen and oxygen atoms in total. The third kappa shape index (κ3) is 65.5. The molecule has 1 atom stereocenters. The Bertz CT molecular complexity index is 1860. The Hall–Kier alpha value is -5.23. The number of rotatable bonds is 57. The maximum Gasteiger partial charge on any atom is 0.309 e. The van der Waals surface area contributed by atoms with Gasteiger partial charge in [0.05, 0.1) is 6.42 Å². The SMILES string of the molecule is CC/C=C\C/C=C\C/C=C\C/C=C\C/C=C\C/C=C\C/C=C\CCCCCC(=O)OCC(COC(=O)C/C=C\C/C=C\C/C=C\C/C=C\C/C=C\CC)OC(=O)CCCCCCCCCCCCC/C=C\C/C=C\CCCCCCC. The highest BCUT2D eigenvalue weighted by atomic mass is 16.6. The van der Waals surface area contributed by atoms with Gasteiger partial charge in [-0.1, -0.05) is 281 Å². The Morgan fingerprint density at radius 3 is 0.877 bits per heavy atom. The molecule has 0 aliphatic heterocycles. The van der Waals surface area contributed by atoms with Crippen molar-refractivity contribution in [3.63, 3.8) is 0 Å². The van der Waals surface area contributed by atoms with E-state index in [1.165, 1.54) is 96.3 Å². The first-order valence-electron chi connectivity index (χ1n) is 32.6. The summed E-state index contributed by atoms with van der Waals surface area (Å²) in [6, 6.07) is 0. The molecule has 1 unspecified atom stereocenters. The molecule has 0 aromatic rings. The number of allylic oxidation sites excluding steroid dienone is 27. The van der Waals surface area contributed by atoms with Crippen LogP contribution in [0.15, 0.2) is 170 Å². The minimum absolute atomic E-state index is 0.112. The monoisotopic (exact) mass is 1110 g/mol. The molecule has 0 radical (unpaired) electrons. The first-order chi connectivity index (χ1) is 40.0. The molecule has 0 bridgehead atoms. The fraction of sp³-hybridized carbons (Fsp3) is 0.587. The second kappa shape index (κ2) is 67.3. The van der Waals surface area contributed by atoms with Crippen molar-refractivity contribution in [1.29, 1.82) is 0 Å². The van der Waals surface area contributed by atoms with E-state index in [0.29, 0.717) is 12.8 Å². The van der Waals surface area contributed by atoms with Gasteiger partial charge >= 0.3 is 17.9 Å². The van der Waals surface area contributed by atoms with Crippen molar-refractivity contribution in [2.45, 2.75) is 271 Å². The third-order valence-electron chi connectivity index (χ3n) is 13.2. The minimum Gasteiger partial charge on any atom is -0.462 e. The van der Waals surface area contributed by atoms with E-state index in [9.17, 15) is 14.4 Å². The van der Waals surface area contributed by atoms with Gasteiger partial charge in [-0.15, -0.1) is 0 Å². The van der Waals surface area contributed by atoms with Crippen molar-refractivity contribution in [3.05, 3.63) is 170 Å². The van der Waals surface area contributed by atoms with Gasteiger partial charge in [0.15, 0.2) is 6.10 Å². The number of hydrogen-bond acceptors (Lipinski definition) is 6. The van der Waals surface area contributed by atoms with Gasteiger partial charge in [0, 0.05) is 12.8 Å². The standard InChI is InChI=1S/C75H118O6/c1-4-7-10-13-16-19-22-25-28-30-32-34-36-37-39-40-42-44-47-50-53-56-59-62-65-68-74(77)80-71-72(70-79-73(76)67-64-61-58-55-52-49-46-27-24-21-18-15-12-9-6-3)81-75(78)69-66-63-60-57-54-51-48-45-43-41-38-35-33-31-29-26-23-20-17-14-11-8-5-2/h7,9-10,12,16,18-19,21,23,25-28,31-34,37,39,42,44,46,50,52-53,55,61,64,72H,4-6,8,11,13-15,17,20,22,24,29-30,35-36,38,40-41,43,45,47-49,51,54,56-60,62-63,65-71H2,1-3H3/b10-7-,12-9-,19-16-,21-18-,26-23-,28-25-,33-31-,34-32-,39-37-,44-42-,46-27-,53-50-,55-52-,64-61-. The van der Waals surface area contributed by atoms with Gasteiger partial charge < -0.3 is 14.2 Å². The van der Waals surface area contributed by atoms with Crippen LogP contribution in [-0.4, -0.2) is 37.2 Å². The zero-order chi connectivity index (χ0) is 58.5. The van der Waals surface area contributed by atoms with E-state index >= 15 is 0 Å². The van der Waals surface area contributed by atoms with E-state index in [1.807, 2.05) is 6.08 Å². The predicted octanol–water partition coefficient (Wildman–Crippen LogP) is 22.7. The smallest absolute Gasteiger partial charge is 0.309 e. The van der Waals surface area contributed by atoms with E-state index < -0.39 is 12.1 Å². The van der Waals surface area contributed by atoms with Crippen LogP contribution in [-0.2, 0) is 28.6 Å². The van der Waals surface area contributed by atoms with Crippen LogP contribution in [0.1, 0.15) is 265 Å². The molecule has 0 rings (SSSR count). The third-order valence-corrected chi connectivity index (χ3v) is 13.2. The second-order valence-electron chi connectivity index (χ2n) is 20.9. The van der Waals surface area contributed by atoms with Gasteiger partial charge in [0.2, 0.25) is 0 Å². The summed E-state index contributed by atoms with van der Waals surface area (Å²) in [6.07, 6.45) is 99.6. The molecule has 6 heteroatoms. The first kappa shape index (κ1) is 75.8. The van der Waals surface area contributed by atoms with Crippen molar-refractivity contribution < 1.29 is 28.6 Å². The average molecular weight is 1120 g/mol. The first-order valence-corrected chi connectivity index (χ1v) is 32.6. The quantitative estimate of drug-likeness (QED) is 0.0261. The van der Waals surface area contributed by atoms with E-state index in [-0.39, 0.29) is 31.6 Å². The molecule has 0 aromatic heterocycles. The van der Waals surface area contributed by atoms with Gasteiger partial charge in [0.1, 0.15) is 13.2 Å². The van der Waals surface area contributed by atoms with Crippen molar-refractivity contribution in [1.82, 2.24) is 0 Å². The van der Waals surface area contributed by atoms with E-state index in [4.69, 9.17) is 14.2 Å². The molecule has 0 saturated heterocycles. The molecule has 0 amide bonds. The van der Waals surface area contributed by atoms with Crippen LogP contribution in [0.2, 0.25) is 0 Å². The van der Waals surface area contributed by atoms with E-state index in [2.05, 4.69) is 179 Å². The van der Waals surface area contributed by atoms with Crippen LogP contribution in [0.25, 0.3) is 0 Å². The fourth-order valence-electron chi connectivity index (χ4n) is 8.41. The summed E-state index contributed by atoms with van der Waals surface area (Å²) < 4.78 is 16.8. The van der Waals surface area contributed by atoms with Crippen LogP contribution in [0, 0.1) is 0 Å². The second-order valence-corrected chi connectivity index (χ2v) is 20.9. The van der Waals surface area contributed by atoms with Gasteiger partial charge in [-0.25, -0.2) is 0 Å². The highest BCUT2D eigenvalue weighted by Crippen LogP contribution is 2.15. The summed E-state index contributed by atoms with van der Waals surface area (Å²) in [4.78, 5) is 38.3. The number of carbonyl (C=O) groups is 3. The number of esters is 3. The lowest BCUT2D eigenvalue weighted by molar-refractivity contribution is -0.166. The lowest BCUT2D eigenvalue weighted by atomic mass is 10.0. The molecular formula is C75H118O6. The fourth-order valence-corrected chi connectivity index (χ4v) is 8.41. The maximum atomic E-state index is 12.9. The van der Waals surface area contributed by atoms with Crippen LogP contribution < -0.4 is 0 Å². The molecule has 0 N–H and O–H groups in total. The minimum atomic E-state index is -0.844. The van der Waals surface area contributed by atoms with Crippen molar-refractivity contribution in [3.8, 4) is 0 Å². The number of carbonyl (C=O) groups excluding carboxylic acids is 3. The Kier molecular flexibility index (Phi) is 62.9. The summed E-state index contributed by atoms with van der Waals surface area (Å²) in [7, 11) is 0. The maximum absolute atomic E-state index is 12.9. The molecule has 454 valence electrons. The molecule has 0 aliphatic carbocycles. The summed E-state index contributed by atoms with van der Waals surface area (Å²) in [6.45, 7) is 6.28. The molecule has 0 fully saturated rings. The molecule has 0 saturated carbocycles. The Balaban J connectivity index is 4.53. The molecule has 0 spiro atoms. The number of ether oxygens (including phenoxy) is 3. The lowest BCUT2D eigenvalue weighted by Gasteiger charge is -2.18. The predicted molar refractivity (Wildman–Crippen MR) is 352 cm³/mol. The van der Waals surface area contributed by atoms with Gasteiger partial charge in [-0.05, 0) is 135 Å².